The van der Waals surface area contributed by atoms with Crippen molar-refractivity contribution < 1.29 is 9.59 Å². The van der Waals surface area contributed by atoms with Gasteiger partial charge in [0, 0.05) is 13.0 Å². The van der Waals surface area contributed by atoms with Crippen molar-refractivity contribution in [1.29, 1.82) is 0 Å². The molecule has 18 heavy (non-hydrogen) atoms. The Labute approximate surface area is 106 Å². The van der Waals surface area contributed by atoms with E-state index in [1.54, 1.807) is 0 Å². The zero-order valence-corrected chi connectivity index (χ0v) is 10.1. The zero-order valence-electron chi connectivity index (χ0n) is 10.1. The number of benzene rings is 1. The van der Waals surface area contributed by atoms with Crippen LogP contribution in [0.25, 0.3) is 5.57 Å². The minimum Gasteiger partial charge on any atom is -0.302 e. The van der Waals surface area contributed by atoms with Crippen LogP contribution in [0.1, 0.15) is 18.4 Å². The lowest BCUT2D eigenvalue weighted by atomic mass is 10.0. The van der Waals surface area contributed by atoms with Crippen LogP contribution in [0.4, 0.5) is 0 Å². The SMILES string of the molecule is C=C(CNC1CCC(=O)NC1=O)c1ccccc1. The molecular weight excluding hydrogens is 228 g/mol. The first-order chi connectivity index (χ1) is 8.66. The second-order valence-corrected chi connectivity index (χ2v) is 4.35. The standard InChI is InChI=1S/C14H16N2O2/c1-10(11-5-3-2-4-6-11)9-15-12-7-8-13(17)16-14(12)18/h2-6,12,15H,1,7-9H2,(H,16,17,18). The Balaban J connectivity index is 1.87. The fraction of sp³-hybridized carbons (Fsp3) is 0.286. The van der Waals surface area contributed by atoms with Gasteiger partial charge in [0.15, 0.2) is 0 Å². The largest absolute Gasteiger partial charge is 0.302 e. The summed E-state index contributed by atoms with van der Waals surface area (Å²) in [7, 11) is 0. The van der Waals surface area contributed by atoms with Crippen LogP contribution in [0.3, 0.4) is 0 Å². The molecule has 94 valence electrons. The molecule has 0 spiro atoms. The molecule has 1 aliphatic heterocycles. The fourth-order valence-electron chi connectivity index (χ4n) is 1.91. The van der Waals surface area contributed by atoms with Crippen LogP contribution < -0.4 is 10.6 Å². The maximum absolute atomic E-state index is 11.5. The molecule has 0 radical (unpaired) electrons. The lowest BCUT2D eigenvalue weighted by molar-refractivity contribution is -0.134. The highest BCUT2D eigenvalue weighted by Gasteiger charge is 2.25. The molecular formula is C14H16N2O2. The number of imide groups is 1. The van der Waals surface area contributed by atoms with Crippen LogP contribution in [-0.4, -0.2) is 24.4 Å². The molecule has 0 aliphatic carbocycles. The van der Waals surface area contributed by atoms with Crippen LogP contribution >= 0.6 is 0 Å². The molecule has 0 bridgehead atoms. The van der Waals surface area contributed by atoms with Gasteiger partial charge in [0.1, 0.15) is 0 Å². The third-order valence-electron chi connectivity index (χ3n) is 2.98. The van der Waals surface area contributed by atoms with Gasteiger partial charge in [-0.15, -0.1) is 0 Å². The Morgan fingerprint density at radius 1 is 1.33 bits per heavy atom. The zero-order chi connectivity index (χ0) is 13.0. The van der Waals surface area contributed by atoms with Gasteiger partial charge in [0.2, 0.25) is 11.8 Å². The highest BCUT2D eigenvalue weighted by atomic mass is 16.2. The first-order valence-corrected chi connectivity index (χ1v) is 5.97. The van der Waals surface area contributed by atoms with Gasteiger partial charge in [0.05, 0.1) is 6.04 Å². The number of carbonyl (C=O) groups is 2. The van der Waals surface area contributed by atoms with E-state index in [0.29, 0.717) is 19.4 Å². The van der Waals surface area contributed by atoms with Gasteiger partial charge in [-0.1, -0.05) is 36.9 Å². The average Bonchev–Trinajstić information content (AvgIpc) is 2.38. The van der Waals surface area contributed by atoms with Crippen molar-refractivity contribution >= 4 is 17.4 Å². The lowest BCUT2D eigenvalue weighted by Crippen LogP contribution is -2.50. The Morgan fingerprint density at radius 2 is 2.06 bits per heavy atom. The minimum atomic E-state index is -0.303. The molecule has 4 heteroatoms. The molecule has 1 aromatic carbocycles. The summed E-state index contributed by atoms with van der Waals surface area (Å²) < 4.78 is 0. The first-order valence-electron chi connectivity index (χ1n) is 5.97. The molecule has 0 saturated carbocycles. The molecule has 2 amide bonds. The number of hydrogen-bond acceptors (Lipinski definition) is 3. The van der Waals surface area contributed by atoms with E-state index in [1.165, 1.54) is 0 Å². The van der Waals surface area contributed by atoms with Crippen LogP contribution in [-0.2, 0) is 9.59 Å². The van der Waals surface area contributed by atoms with Gasteiger partial charge < -0.3 is 5.32 Å². The Bertz CT molecular complexity index is 468. The Kier molecular flexibility index (Phi) is 3.89. The fourth-order valence-corrected chi connectivity index (χ4v) is 1.91. The van der Waals surface area contributed by atoms with Crippen LogP contribution in [0.15, 0.2) is 36.9 Å². The maximum atomic E-state index is 11.5. The summed E-state index contributed by atoms with van der Waals surface area (Å²) in [5.74, 6) is -0.438. The normalized spacial score (nSPS) is 19.4. The van der Waals surface area contributed by atoms with Crippen LogP contribution in [0.2, 0.25) is 0 Å². The van der Waals surface area contributed by atoms with Gasteiger partial charge >= 0.3 is 0 Å². The van der Waals surface area contributed by atoms with Crippen molar-refractivity contribution in [3.05, 3.63) is 42.5 Å². The molecule has 1 fully saturated rings. The van der Waals surface area contributed by atoms with Gasteiger partial charge in [-0.25, -0.2) is 0 Å². The predicted molar refractivity (Wildman–Crippen MR) is 69.7 cm³/mol. The second kappa shape index (κ2) is 5.60. The third-order valence-corrected chi connectivity index (χ3v) is 2.98. The van der Waals surface area contributed by atoms with Crippen molar-refractivity contribution in [3.8, 4) is 0 Å². The van der Waals surface area contributed by atoms with Crippen molar-refractivity contribution in [2.24, 2.45) is 0 Å². The highest BCUT2D eigenvalue weighted by Crippen LogP contribution is 2.11. The summed E-state index contributed by atoms with van der Waals surface area (Å²) in [5, 5.41) is 5.45. The van der Waals surface area contributed by atoms with Gasteiger partial charge in [-0.2, -0.15) is 0 Å². The van der Waals surface area contributed by atoms with Gasteiger partial charge in [-0.3, -0.25) is 14.9 Å². The maximum Gasteiger partial charge on any atom is 0.243 e. The Morgan fingerprint density at radius 3 is 2.72 bits per heavy atom. The monoisotopic (exact) mass is 244 g/mol. The number of rotatable bonds is 4. The highest BCUT2D eigenvalue weighted by molar-refractivity contribution is 6.00. The van der Waals surface area contributed by atoms with Crippen molar-refractivity contribution in [2.75, 3.05) is 6.54 Å². The van der Waals surface area contributed by atoms with E-state index < -0.39 is 0 Å². The molecule has 2 rings (SSSR count). The third kappa shape index (κ3) is 3.05. The average molecular weight is 244 g/mol. The lowest BCUT2D eigenvalue weighted by Gasteiger charge is -2.22. The summed E-state index contributed by atoms with van der Waals surface area (Å²) in [6.45, 7) is 4.53. The predicted octanol–water partition coefficient (Wildman–Crippen LogP) is 1.09. The summed E-state index contributed by atoms with van der Waals surface area (Å²) in [4.78, 5) is 22.5. The van der Waals surface area contributed by atoms with E-state index in [4.69, 9.17) is 0 Å². The molecule has 4 nitrogen and oxygen atoms in total. The van der Waals surface area contributed by atoms with Crippen molar-refractivity contribution in [2.45, 2.75) is 18.9 Å². The molecule has 1 heterocycles. The molecule has 1 saturated heterocycles. The van der Waals surface area contributed by atoms with E-state index in [9.17, 15) is 9.59 Å². The van der Waals surface area contributed by atoms with Crippen LogP contribution in [0, 0.1) is 0 Å². The molecule has 1 unspecified atom stereocenters. The van der Waals surface area contributed by atoms with Gasteiger partial charge in [-0.05, 0) is 17.6 Å². The molecule has 1 aromatic rings. The van der Waals surface area contributed by atoms with E-state index in [1.807, 2.05) is 30.3 Å². The number of hydrogen-bond donors (Lipinski definition) is 2. The number of amides is 2. The number of carbonyl (C=O) groups excluding carboxylic acids is 2. The summed E-state index contributed by atoms with van der Waals surface area (Å²) in [5.41, 5.74) is 1.98. The van der Waals surface area contributed by atoms with Crippen molar-refractivity contribution in [3.63, 3.8) is 0 Å². The molecule has 0 aromatic heterocycles. The van der Waals surface area contributed by atoms with E-state index >= 15 is 0 Å². The minimum absolute atomic E-state index is 0.195. The second-order valence-electron chi connectivity index (χ2n) is 4.35. The Hall–Kier alpha value is -1.94. The smallest absolute Gasteiger partial charge is 0.243 e. The molecule has 2 N–H and O–H groups in total. The quantitative estimate of drug-likeness (QED) is 0.780. The number of nitrogens with one attached hydrogen (secondary N) is 2. The molecule has 1 aliphatic rings. The first kappa shape index (κ1) is 12.5. The number of piperidine rings is 1. The van der Waals surface area contributed by atoms with Gasteiger partial charge in [0.25, 0.3) is 0 Å². The topological polar surface area (TPSA) is 58.2 Å². The molecule has 1 atom stereocenters. The summed E-state index contributed by atoms with van der Waals surface area (Å²) in [6, 6.07) is 9.51. The summed E-state index contributed by atoms with van der Waals surface area (Å²) in [6.07, 6.45) is 0.938. The van der Waals surface area contributed by atoms with E-state index in [2.05, 4.69) is 17.2 Å². The van der Waals surface area contributed by atoms with E-state index in [0.717, 1.165) is 11.1 Å². The summed E-state index contributed by atoms with van der Waals surface area (Å²) >= 11 is 0. The van der Waals surface area contributed by atoms with E-state index in [-0.39, 0.29) is 17.9 Å². The van der Waals surface area contributed by atoms with Crippen LogP contribution in [0.5, 0.6) is 0 Å². The van der Waals surface area contributed by atoms with Crippen molar-refractivity contribution in [1.82, 2.24) is 10.6 Å².